The molecule has 5 rings (SSSR count). The third-order valence-electron chi connectivity index (χ3n) is 5.05. The van der Waals surface area contributed by atoms with E-state index in [9.17, 15) is 23.6 Å². The summed E-state index contributed by atoms with van der Waals surface area (Å²) in [5, 5.41) is 23.2. The summed E-state index contributed by atoms with van der Waals surface area (Å²) in [6.07, 6.45) is 0. The lowest BCUT2D eigenvalue weighted by Gasteiger charge is -2.14. The molecule has 0 aliphatic heterocycles. The number of thiazole rings is 1. The maximum atomic E-state index is 13.1. The second kappa shape index (κ2) is 8.60. The summed E-state index contributed by atoms with van der Waals surface area (Å²) < 4.78 is 30.4. The van der Waals surface area contributed by atoms with Crippen LogP contribution in [0.3, 0.4) is 0 Å². The zero-order chi connectivity index (χ0) is 23.9. The number of nitro benzene ring substituents is 1. The van der Waals surface area contributed by atoms with Gasteiger partial charge in [-0.3, -0.25) is 14.8 Å². The van der Waals surface area contributed by atoms with Gasteiger partial charge in [0.25, 0.3) is 15.7 Å². The van der Waals surface area contributed by atoms with Crippen molar-refractivity contribution in [3.05, 3.63) is 89.0 Å². The van der Waals surface area contributed by atoms with Crippen molar-refractivity contribution in [1.29, 1.82) is 0 Å². The molecule has 170 valence electrons. The largest absolute Gasteiger partial charge is 0.506 e. The summed E-state index contributed by atoms with van der Waals surface area (Å²) in [5.41, 5.74) is 0.491. The first-order valence-electron chi connectivity index (χ1n) is 9.88. The molecule has 0 bridgehead atoms. The Labute approximate surface area is 202 Å². The number of aromatic hydroxyl groups is 1. The van der Waals surface area contributed by atoms with E-state index in [4.69, 9.17) is 0 Å². The highest BCUT2D eigenvalue weighted by Gasteiger charge is 2.26. The number of hydrogen-bond donors (Lipinski definition) is 2. The van der Waals surface area contributed by atoms with Gasteiger partial charge in [0, 0.05) is 16.8 Å². The number of phenolic OH excluding ortho intramolecular Hbond substituents is 1. The van der Waals surface area contributed by atoms with Crippen molar-refractivity contribution >= 4 is 65.5 Å². The molecule has 1 heterocycles. The van der Waals surface area contributed by atoms with Crippen molar-refractivity contribution in [1.82, 2.24) is 4.98 Å². The molecule has 0 unspecified atom stereocenters. The third-order valence-corrected chi connectivity index (χ3v) is 8.59. The average Bonchev–Trinajstić information content (AvgIpc) is 3.24. The first kappa shape index (κ1) is 22.1. The summed E-state index contributed by atoms with van der Waals surface area (Å²) in [6.45, 7) is 0. The minimum atomic E-state index is -4.30. The number of nitrogens with zero attached hydrogens (tertiary/aromatic N) is 2. The lowest BCUT2D eigenvalue weighted by molar-refractivity contribution is -0.387. The highest BCUT2D eigenvalue weighted by Crippen LogP contribution is 2.44. The summed E-state index contributed by atoms with van der Waals surface area (Å²) in [7, 11) is -4.30. The fourth-order valence-corrected chi connectivity index (χ4v) is 6.88. The molecule has 0 radical (unpaired) electrons. The maximum Gasteiger partial charge on any atom is 0.289 e. The smallest absolute Gasteiger partial charge is 0.289 e. The van der Waals surface area contributed by atoms with Crippen LogP contribution in [0, 0.1) is 10.1 Å². The molecule has 34 heavy (non-hydrogen) atoms. The molecule has 1 aromatic heterocycles. The summed E-state index contributed by atoms with van der Waals surface area (Å²) >= 11 is 2.67. The number of para-hydroxylation sites is 2. The van der Waals surface area contributed by atoms with Gasteiger partial charge in [-0.2, -0.15) is 0 Å². The Bertz CT molecular complexity index is 1650. The number of aromatic nitrogens is 1. The van der Waals surface area contributed by atoms with Crippen molar-refractivity contribution in [3.63, 3.8) is 0 Å². The van der Waals surface area contributed by atoms with Gasteiger partial charge >= 0.3 is 0 Å². The standard InChI is InChI=1S/C23H15N3O5S3/c27-22-15-8-2-1-7-14(15)17(25-34(30,31)21-12-6-4-10-18(21)26(28)29)13-20(22)33-23-24-16-9-3-5-11-19(16)32-23/h1-13,25,27H. The molecule has 4 aromatic carbocycles. The Kier molecular flexibility index (Phi) is 5.60. The third kappa shape index (κ3) is 4.04. The monoisotopic (exact) mass is 509 g/mol. The van der Waals surface area contributed by atoms with E-state index in [1.54, 1.807) is 24.3 Å². The molecule has 0 saturated heterocycles. The normalized spacial score (nSPS) is 11.6. The zero-order valence-electron chi connectivity index (χ0n) is 17.2. The summed E-state index contributed by atoms with van der Waals surface area (Å²) in [4.78, 5) is 15.2. The highest BCUT2D eigenvalue weighted by molar-refractivity contribution is 8.01. The molecule has 11 heteroatoms. The number of sulfonamides is 1. The van der Waals surface area contributed by atoms with Crippen molar-refractivity contribution in [2.75, 3.05) is 4.72 Å². The van der Waals surface area contributed by atoms with Gasteiger partial charge in [0.15, 0.2) is 9.24 Å². The van der Waals surface area contributed by atoms with Crippen molar-refractivity contribution < 1.29 is 18.4 Å². The predicted octanol–water partition coefficient (Wildman–Crippen LogP) is 6.02. The van der Waals surface area contributed by atoms with Gasteiger partial charge in [0.2, 0.25) is 0 Å². The molecule has 0 amide bonds. The maximum absolute atomic E-state index is 13.1. The molecular weight excluding hydrogens is 494 g/mol. The van der Waals surface area contributed by atoms with Crippen LogP contribution in [-0.4, -0.2) is 23.4 Å². The van der Waals surface area contributed by atoms with E-state index in [2.05, 4.69) is 9.71 Å². The van der Waals surface area contributed by atoms with Gasteiger partial charge in [-0.05, 0) is 24.3 Å². The van der Waals surface area contributed by atoms with E-state index in [1.807, 2.05) is 24.3 Å². The topological polar surface area (TPSA) is 122 Å². The molecular formula is C23H15N3O5S3. The fourth-order valence-electron chi connectivity index (χ4n) is 3.52. The zero-order valence-corrected chi connectivity index (χ0v) is 19.7. The van der Waals surface area contributed by atoms with Gasteiger partial charge in [-0.25, -0.2) is 13.4 Å². The molecule has 8 nitrogen and oxygen atoms in total. The van der Waals surface area contributed by atoms with Gasteiger partial charge in [0.05, 0.1) is 25.7 Å². The van der Waals surface area contributed by atoms with E-state index in [0.717, 1.165) is 16.3 Å². The van der Waals surface area contributed by atoms with Crippen molar-refractivity contribution in [3.8, 4) is 5.75 Å². The van der Waals surface area contributed by atoms with Crippen LogP contribution in [0.4, 0.5) is 11.4 Å². The fraction of sp³-hybridized carbons (Fsp3) is 0. The number of anilines is 1. The average molecular weight is 510 g/mol. The number of phenols is 1. The quantitative estimate of drug-likeness (QED) is 0.163. The number of hydrogen-bond acceptors (Lipinski definition) is 8. The predicted molar refractivity (Wildman–Crippen MR) is 133 cm³/mol. The number of benzene rings is 4. The van der Waals surface area contributed by atoms with Gasteiger partial charge in [-0.15, -0.1) is 11.3 Å². The Morgan fingerprint density at radius 1 is 0.971 bits per heavy atom. The molecule has 0 atom stereocenters. The van der Waals surface area contributed by atoms with E-state index in [-0.39, 0.29) is 11.4 Å². The van der Waals surface area contributed by atoms with E-state index >= 15 is 0 Å². The molecule has 0 spiro atoms. The van der Waals surface area contributed by atoms with Crippen LogP contribution in [-0.2, 0) is 10.0 Å². The van der Waals surface area contributed by atoms with Crippen LogP contribution in [0.15, 0.2) is 93.0 Å². The molecule has 2 N–H and O–H groups in total. The van der Waals surface area contributed by atoms with Crippen LogP contribution in [0.25, 0.3) is 21.0 Å². The Morgan fingerprint density at radius 3 is 2.41 bits per heavy atom. The van der Waals surface area contributed by atoms with Gasteiger partial charge in [0.1, 0.15) is 5.75 Å². The lowest BCUT2D eigenvalue weighted by atomic mass is 10.1. The van der Waals surface area contributed by atoms with Crippen LogP contribution >= 0.6 is 23.1 Å². The van der Waals surface area contributed by atoms with Crippen molar-refractivity contribution in [2.24, 2.45) is 0 Å². The van der Waals surface area contributed by atoms with Crippen LogP contribution < -0.4 is 4.72 Å². The van der Waals surface area contributed by atoms with Gasteiger partial charge < -0.3 is 5.11 Å². The van der Waals surface area contributed by atoms with E-state index < -0.39 is 25.5 Å². The highest BCUT2D eigenvalue weighted by atomic mass is 32.2. The Balaban J connectivity index is 1.61. The van der Waals surface area contributed by atoms with Crippen LogP contribution in [0.1, 0.15) is 0 Å². The van der Waals surface area contributed by atoms with Crippen LogP contribution in [0.2, 0.25) is 0 Å². The molecule has 0 aliphatic carbocycles. The minimum Gasteiger partial charge on any atom is -0.506 e. The molecule has 0 saturated carbocycles. The summed E-state index contributed by atoms with van der Waals surface area (Å²) in [6, 6.07) is 21.1. The minimum absolute atomic E-state index is 0.00602. The molecule has 0 fully saturated rings. The number of rotatable bonds is 6. The Hall–Kier alpha value is -3.67. The van der Waals surface area contributed by atoms with Gasteiger partial charge in [-0.1, -0.05) is 60.3 Å². The van der Waals surface area contributed by atoms with Crippen molar-refractivity contribution in [2.45, 2.75) is 14.1 Å². The Morgan fingerprint density at radius 2 is 1.65 bits per heavy atom. The first-order valence-corrected chi connectivity index (χ1v) is 13.0. The molecule has 0 aliphatic rings. The second-order valence-corrected chi connectivity index (χ2v) is 11.2. The lowest BCUT2D eigenvalue weighted by Crippen LogP contribution is -2.15. The number of nitro groups is 1. The number of nitrogens with one attached hydrogen (secondary N) is 1. The number of fused-ring (bicyclic) bond motifs is 2. The second-order valence-electron chi connectivity index (χ2n) is 7.20. The SMILES string of the molecule is O=[N+]([O-])c1ccccc1S(=O)(=O)Nc1cc(Sc2nc3ccccc3s2)c(O)c2ccccc12. The van der Waals surface area contributed by atoms with Crippen LogP contribution in [0.5, 0.6) is 5.75 Å². The van der Waals surface area contributed by atoms with E-state index in [0.29, 0.717) is 20.0 Å². The first-order chi connectivity index (χ1) is 16.3. The summed E-state index contributed by atoms with van der Waals surface area (Å²) in [5.74, 6) is -0.00602. The van der Waals surface area contributed by atoms with E-state index in [1.165, 1.54) is 47.4 Å². The molecule has 5 aromatic rings.